The molecule has 148 valence electrons. The van der Waals surface area contributed by atoms with Crippen LogP contribution in [-0.2, 0) is 9.53 Å². The summed E-state index contributed by atoms with van der Waals surface area (Å²) in [6, 6.07) is 0.890. The highest BCUT2D eigenvalue weighted by atomic mass is 16.5. The van der Waals surface area contributed by atoms with Gasteiger partial charge in [-0.15, -0.1) is 0 Å². The van der Waals surface area contributed by atoms with Gasteiger partial charge in [-0.1, -0.05) is 25.7 Å². The van der Waals surface area contributed by atoms with Crippen molar-refractivity contribution < 1.29 is 9.53 Å². The van der Waals surface area contributed by atoms with Crippen molar-refractivity contribution in [3.63, 3.8) is 0 Å². The Morgan fingerprint density at radius 1 is 1.15 bits per heavy atom. The van der Waals surface area contributed by atoms with Crippen molar-refractivity contribution in [3.8, 4) is 0 Å². The van der Waals surface area contributed by atoms with Crippen molar-refractivity contribution >= 4 is 11.9 Å². The Morgan fingerprint density at radius 3 is 2.46 bits per heavy atom. The number of nitrogens with zero attached hydrogens (tertiary/aromatic N) is 2. The highest BCUT2D eigenvalue weighted by Crippen LogP contribution is 2.57. The molecule has 1 amide bonds. The maximum atomic E-state index is 12.0. The highest BCUT2D eigenvalue weighted by molar-refractivity contribution is 5.85. The molecule has 3 fully saturated rings. The number of guanidine groups is 1. The Hall–Kier alpha value is -1.30. The van der Waals surface area contributed by atoms with Crippen LogP contribution in [0.25, 0.3) is 0 Å². The second-order valence-electron chi connectivity index (χ2n) is 8.40. The van der Waals surface area contributed by atoms with Gasteiger partial charge in [-0.05, 0) is 39.0 Å². The largest absolute Gasteiger partial charge is 0.378 e. The van der Waals surface area contributed by atoms with Crippen LogP contribution in [0.3, 0.4) is 0 Å². The summed E-state index contributed by atoms with van der Waals surface area (Å²) < 4.78 is 5.97. The molecule has 0 aliphatic heterocycles. The molecule has 3 saturated carbocycles. The number of hydrogen-bond acceptors (Lipinski definition) is 3. The summed E-state index contributed by atoms with van der Waals surface area (Å²) in [4.78, 5) is 18.2. The third-order valence-corrected chi connectivity index (χ3v) is 6.57. The van der Waals surface area contributed by atoms with Crippen LogP contribution in [0, 0.1) is 5.41 Å². The molecule has 2 unspecified atom stereocenters. The SMILES string of the molecule is CCOC1CC(NC(=NCC(=O)N(C)C)NC2CCCCC2)C12CCC2. The predicted octanol–water partition coefficient (Wildman–Crippen LogP) is 2.29. The molecule has 3 rings (SSSR count). The minimum atomic E-state index is 0.0360. The van der Waals surface area contributed by atoms with E-state index in [0.29, 0.717) is 18.2 Å². The zero-order valence-corrected chi connectivity index (χ0v) is 16.7. The lowest BCUT2D eigenvalue weighted by Gasteiger charge is -2.61. The number of rotatable bonds is 6. The fraction of sp³-hybridized carbons (Fsp3) is 0.900. The number of carbonyl (C=O) groups is 1. The molecule has 0 bridgehead atoms. The van der Waals surface area contributed by atoms with E-state index in [1.165, 1.54) is 51.4 Å². The predicted molar refractivity (Wildman–Crippen MR) is 104 cm³/mol. The first kappa shape index (κ1) is 19.5. The van der Waals surface area contributed by atoms with Gasteiger partial charge in [-0.3, -0.25) is 4.79 Å². The second-order valence-corrected chi connectivity index (χ2v) is 8.40. The molecule has 0 aromatic rings. The molecule has 0 aromatic carbocycles. The van der Waals surface area contributed by atoms with Gasteiger partial charge in [0.25, 0.3) is 0 Å². The summed E-state index contributed by atoms with van der Waals surface area (Å²) in [5.41, 5.74) is 0.288. The molecular weight excluding hydrogens is 328 g/mol. The monoisotopic (exact) mass is 364 g/mol. The van der Waals surface area contributed by atoms with E-state index in [-0.39, 0.29) is 17.9 Å². The number of amides is 1. The van der Waals surface area contributed by atoms with Crippen LogP contribution >= 0.6 is 0 Å². The van der Waals surface area contributed by atoms with Crippen LogP contribution in [0.1, 0.15) is 64.7 Å². The molecule has 0 saturated heterocycles. The zero-order chi connectivity index (χ0) is 18.6. The van der Waals surface area contributed by atoms with Crippen molar-refractivity contribution in [2.75, 3.05) is 27.2 Å². The molecule has 6 heteroatoms. The third-order valence-electron chi connectivity index (χ3n) is 6.57. The standard InChI is InChI=1S/C20H36N4O2/c1-4-26-17-13-16(20(17)11-8-12-20)23-19(21-14-18(25)24(2)3)22-15-9-6-5-7-10-15/h15-17H,4-14H2,1-3H3,(H2,21,22,23). The lowest BCUT2D eigenvalue weighted by atomic mass is 9.51. The molecule has 1 spiro atoms. The highest BCUT2D eigenvalue weighted by Gasteiger charge is 2.59. The van der Waals surface area contributed by atoms with Crippen LogP contribution in [0.5, 0.6) is 0 Å². The molecule has 0 radical (unpaired) electrons. The van der Waals surface area contributed by atoms with Gasteiger partial charge < -0.3 is 20.3 Å². The van der Waals surface area contributed by atoms with Crippen molar-refractivity contribution in [1.29, 1.82) is 0 Å². The van der Waals surface area contributed by atoms with Gasteiger partial charge >= 0.3 is 0 Å². The Bertz CT molecular complexity index is 510. The van der Waals surface area contributed by atoms with E-state index in [1.54, 1.807) is 19.0 Å². The molecule has 26 heavy (non-hydrogen) atoms. The van der Waals surface area contributed by atoms with Crippen LogP contribution in [0.4, 0.5) is 0 Å². The van der Waals surface area contributed by atoms with Gasteiger partial charge in [0, 0.05) is 38.2 Å². The molecule has 3 aliphatic carbocycles. The Balaban J connectivity index is 1.63. The number of aliphatic imine (C=N–C) groups is 1. The average molecular weight is 365 g/mol. The topological polar surface area (TPSA) is 66.0 Å². The van der Waals surface area contributed by atoms with E-state index < -0.39 is 0 Å². The van der Waals surface area contributed by atoms with Crippen molar-refractivity contribution in [3.05, 3.63) is 0 Å². The van der Waals surface area contributed by atoms with E-state index in [9.17, 15) is 4.79 Å². The molecular formula is C20H36N4O2. The van der Waals surface area contributed by atoms with Crippen LogP contribution in [0.15, 0.2) is 4.99 Å². The first-order valence-electron chi connectivity index (χ1n) is 10.4. The van der Waals surface area contributed by atoms with Gasteiger partial charge in [0.15, 0.2) is 5.96 Å². The van der Waals surface area contributed by atoms with Crippen molar-refractivity contribution in [1.82, 2.24) is 15.5 Å². The van der Waals surface area contributed by atoms with E-state index in [4.69, 9.17) is 4.74 Å². The average Bonchev–Trinajstić information content (AvgIpc) is 2.57. The zero-order valence-electron chi connectivity index (χ0n) is 16.7. The third kappa shape index (κ3) is 4.16. The van der Waals surface area contributed by atoms with Gasteiger partial charge in [-0.2, -0.15) is 0 Å². The minimum Gasteiger partial charge on any atom is -0.378 e. The number of hydrogen-bond donors (Lipinski definition) is 2. The van der Waals surface area contributed by atoms with Crippen molar-refractivity contribution in [2.24, 2.45) is 10.4 Å². The number of likely N-dealkylation sites (N-methyl/N-ethyl adjacent to an activating group) is 1. The number of ether oxygens (including phenoxy) is 1. The maximum absolute atomic E-state index is 12.0. The first-order chi connectivity index (χ1) is 12.5. The van der Waals surface area contributed by atoms with E-state index in [0.717, 1.165) is 19.0 Å². The van der Waals surface area contributed by atoms with Gasteiger partial charge in [0.2, 0.25) is 5.91 Å². The van der Waals surface area contributed by atoms with E-state index >= 15 is 0 Å². The Kier molecular flexibility index (Phi) is 6.43. The molecule has 6 nitrogen and oxygen atoms in total. The van der Waals surface area contributed by atoms with Gasteiger partial charge in [0.1, 0.15) is 6.54 Å². The summed E-state index contributed by atoms with van der Waals surface area (Å²) in [6.07, 6.45) is 11.5. The molecule has 2 atom stereocenters. The van der Waals surface area contributed by atoms with Crippen molar-refractivity contribution in [2.45, 2.75) is 82.9 Å². The van der Waals surface area contributed by atoms with E-state index in [1.807, 2.05) is 0 Å². The molecule has 0 heterocycles. The minimum absolute atomic E-state index is 0.0360. The first-order valence-corrected chi connectivity index (χ1v) is 10.4. The molecule has 3 aliphatic rings. The summed E-state index contributed by atoms with van der Waals surface area (Å²) in [7, 11) is 3.56. The van der Waals surface area contributed by atoms with Crippen LogP contribution in [-0.4, -0.2) is 62.2 Å². The number of nitrogens with one attached hydrogen (secondary N) is 2. The lowest BCUT2D eigenvalue weighted by molar-refractivity contribution is -0.168. The fourth-order valence-electron chi connectivity index (χ4n) is 4.67. The quantitative estimate of drug-likeness (QED) is 0.561. The van der Waals surface area contributed by atoms with E-state index in [2.05, 4.69) is 22.5 Å². The normalized spacial score (nSPS) is 28.2. The summed E-state index contributed by atoms with van der Waals surface area (Å²) in [5, 5.41) is 7.27. The fourth-order valence-corrected chi connectivity index (χ4v) is 4.67. The number of carbonyl (C=O) groups excluding carboxylic acids is 1. The Labute approximate surface area is 158 Å². The summed E-state index contributed by atoms with van der Waals surface area (Å²) in [6.45, 7) is 3.07. The Morgan fingerprint density at radius 2 is 1.88 bits per heavy atom. The smallest absolute Gasteiger partial charge is 0.243 e. The maximum Gasteiger partial charge on any atom is 0.243 e. The van der Waals surface area contributed by atoms with Crippen LogP contribution < -0.4 is 10.6 Å². The summed E-state index contributed by atoms with van der Waals surface area (Å²) >= 11 is 0. The van der Waals surface area contributed by atoms with Gasteiger partial charge in [-0.25, -0.2) is 4.99 Å². The summed E-state index contributed by atoms with van der Waals surface area (Å²) in [5.74, 6) is 0.854. The van der Waals surface area contributed by atoms with Gasteiger partial charge in [0.05, 0.1) is 6.10 Å². The lowest BCUT2D eigenvalue weighted by Crippen LogP contribution is -2.69. The molecule has 2 N–H and O–H groups in total. The second kappa shape index (κ2) is 8.59. The van der Waals surface area contributed by atoms with Crippen LogP contribution in [0.2, 0.25) is 0 Å². The molecule has 0 aromatic heterocycles.